The van der Waals surface area contributed by atoms with E-state index < -0.39 is 0 Å². The zero-order chi connectivity index (χ0) is 15.0. The molecule has 110 valence electrons. The Morgan fingerprint density at radius 1 is 1.00 bits per heavy atom. The second-order valence-electron chi connectivity index (χ2n) is 6.22. The number of hydrogen-bond acceptors (Lipinski definition) is 5. The fourth-order valence-electron chi connectivity index (χ4n) is 1.83. The van der Waals surface area contributed by atoms with Crippen LogP contribution in [0.4, 0.5) is 5.69 Å². The zero-order valence-corrected chi connectivity index (χ0v) is 13.9. The SMILES string of the molecule is CN(C)SNc1ccc(B2OC(C)(C)C(C)(C)O2)cc1. The lowest BCUT2D eigenvalue weighted by molar-refractivity contribution is 0.00578. The van der Waals surface area contributed by atoms with Crippen LogP contribution < -0.4 is 10.2 Å². The highest BCUT2D eigenvalue weighted by molar-refractivity contribution is 7.98. The van der Waals surface area contributed by atoms with E-state index in [1.165, 1.54) is 0 Å². The van der Waals surface area contributed by atoms with E-state index >= 15 is 0 Å². The summed E-state index contributed by atoms with van der Waals surface area (Å²) in [6.07, 6.45) is 0. The van der Waals surface area contributed by atoms with Crippen LogP contribution in [0.15, 0.2) is 24.3 Å². The van der Waals surface area contributed by atoms with Crippen molar-refractivity contribution < 1.29 is 9.31 Å². The summed E-state index contributed by atoms with van der Waals surface area (Å²) in [5.74, 6) is 0. The van der Waals surface area contributed by atoms with Gasteiger partial charge in [0.1, 0.15) is 0 Å². The van der Waals surface area contributed by atoms with Crippen LogP contribution in [0.2, 0.25) is 0 Å². The number of nitrogens with zero attached hydrogens (tertiary/aromatic N) is 1. The molecule has 6 heteroatoms. The third kappa shape index (κ3) is 3.31. The molecule has 20 heavy (non-hydrogen) atoms. The quantitative estimate of drug-likeness (QED) is 0.682. The van der Waals surface area contributed by atoms with Crippen molar-refractivity contribution in [2.45, 2.75) is 38.9 Å². The largest absolute Gasteiger partial charge is 0.494 e. The van der Waals surface area contributed by atoms with Crippen LogP contribution in [0.25, 0.3) is 0 Å². The molecule has 2 rings (SSSR count). The molecule has 1 aromatic rings. The smallest absolute Gasteiger partial charge is 0.399 e. The molecule has 0 amide bonds. The molecule has 4 nitrogen and oxygen atoms in total. The molecule has 0 atom stereocenters. The predicted octanol–water partition coefficient (Wildman–Crippen LogP) is 2.52. The van der Waals surface area contributed by atoms with Gasteiger partial charge in [0.2, 0.25) is 0 Å². The molecule has 1 aromatic carbocycles. The van der Waals surface area contributed by atoms with Crippen LogP contribution in [0.5, 0.6) is 0 Å². The predicted molar refractivity (Wildman–Crippen MR) is 87.1 cm³/mol. The van der Waals surface area contributed by atoms with Crippen molar-refractivity contribution in [3.63, 3.8) is 0 Å². The van der Waals surface area contributed by atoms with Gasteiger partial charge in [-0.3, -0.25) is 0 Å². The summed E-state index contributed by atoms with van der Waals surface area (Å²) in [6, 6.07) is 8.16. The Kier molecular flexibility index (Phi) is 4.40. The van der Waals surface area contributed by atoms with Gasteiger partial charge in [-0.15, -0.1) is 0 Å². The Hall–Kier alpha value is -0.685. The first kappa shape index (κ1) is 15.7. The fourth-order valence-corrected chi connectivity index (χ4v) is 2.26. The van der Waals surface area contributed by atoms with Crippen molar-refractivity contribution in [3.8, 4) is 0 Å². The van der Waals surface area contributed by atoms with E-state index in [-0.39, 0.29) is 18.3 Å². The van der Waals surface area contributed by atoms with Crippen molar-refractivity contribution in [3.05, 3.63) is 24.3 Å². The molecule has 0 aliphatic carbocycles. The molecule has 1 fully saturated rings. The highest BCUT2D eigenvalue weighted by Crippen LogP contribution is 2.36. The summed E-state index contributed by atoms with van der Waals surface area (Å²) in [7, 11) is 3.70. The van der Waals surface area contributed by atoms with Crippen LogP contribution in [-0.4, -0.2) is 36.7 Å². The zero-order valence-electron chi connectivity index (χ0n) is 13.1. The van der Waals surface area contributed by atoms with E-state index in [1.807, 2.05) is 42.7 Å². The summed E-state index contributed by atoms with van der Waals surface area (Å²) < 4.78 is 17.3. The van der Waals surface area contributed by atoms with Gasteiger partial charge in [-0.2, -0.15) is 0 Å². The first-order valence-corrected chi connectivity index (χ1v) is 7.54. The van der Waals surface area contributed by atoms with Gasteiger partial charge >= 0.3 is 7.12 Å². The van der Waals surface area contributed by atoms with Gasteiger partial charge in [0.15, 0.2) is 0 Å². The second-order valence-corrected chi connectivity index (χ2v) is 7.33. The number of anilines is 1. The lowest BCUT2D eigenvalue weighted by Gasteiger charge is -2.32. The summed E-state index contributed by atoms with van der Waals surface area (Å²) in [5.41, 5.74) is 1.51. The van der Waals surface area contributed by atoms with E-state index in [0.29, 0.717) is 0 Å². The molecule has 1 aliphatic heterocycles. The monoisotopic (exact) mass is 294 g/mol. The molecule has 0 saturated carbocycles. The first-order chi connectivity index (χ1) is 9.21. The molecule has 1 heterocycles. The minimum Gasteiger partial charge on any atom is -0.399 e. The van der Waals surface area contributed by atoms with E-state index in [1.54, 1.807) is 12.1 Å². The Labute approximate surface area is 126 Å². The minimum atomic E-state index is -0.296. The van der Waals surface area contributed by atoms with Crippen LogP contribution in [0, 0.1) is 0 Å². The average molecular weight is 294 g/mol. The molecule has 1 N–H and O–H groups in total. The molecule has 0 aromatic heterocycles. The van der Waals surface area contributed by atoms with Gasteiger partial charge in [-0.25, -0.2) is 4.31 Å². The highest BCUT2D eigenvalue weighted by Gasteiger charge is 2.51. The second kappa shape index (κ2) is 5.60. The van der Waals surface area contributed by atoms with Gasteiger partial charge in [0, 0.05) is 17.8 Å². The number of nitrogens with one attached hydrogen (secondary N) is 1. The van der Waals surface area contributed by atoms with Crippen LogP contribution >= 0.6 is 12.1 Å². The van der Waals surface area contributed by atoms with Crippen LogP contribution in [-0.2, 0) is 9.31 Å². The summed E-state index contributed by atoms with van der Waals surface area (Å²) in [4.78, 5) is 0. The topological polar surface area (TPSA) is 33.7 Å². The minimum absolute atomic E-state index is 0.296. The van der Waals surface area contributed by atoms with E-state index in [2.05, 4.69) is 32.4 Å². The maximum atomic E-state index is 6.03. The lowest BCUT2D eigenvalue weighted by Crippen LogP contribution is -2.41. The van der Waals surface area contributed by atoms with Gasteiger partial charge in [-0.1, -0.05) is 12.1 Å². The molecular formula is C14H23BN2O2S. The van der Waals surface area contributed by atoms with Crippen molar-refractivity contribution in [2.75, 3.05) is 18.8 Å². The number of rotatable bonds is 4. The summed E-state index contributed by atoms with van der Waals surface area (Å²) in [5, 5.41) is 0. The Morgan fingerprint density at radius 2 is 1.50 bits per heavy atom. The maximum Gasteiger partial charge on any atom is 0.494 e. The highest BCUT2D eigenvalue weighted by atomic mass is 32.2. The Balaban J connectivity index is 2.05. The summed E-state index contributed by atoms with van der Waals surface area (Å²) in [6.45, 7) is 8.26. The molecule has 0 radical (unpaired) electrons. The fraction of sp³-hybridized carbons (Fsp3) is 0.571. The van der Waals surface area contributed by atoms with Crippen molar-refractivity contribution >= 4 is 30.4 Å². The van der Waals surface area contributed by atoms with Crippen molar-refractivity contribution in [1.82, 2.24) is 4.31 Å². The Morgan fingerprint density at radius 3 is 1.95 bits per heavy atom. The molecular weight excluding hydrogens is 271 g/mol. The van der Waals surface area contributed by atoms with E-state index in [4.69, 9.17) is 9.31 Å². The number of benzene rings is 1. The number of hydrogen-bond donors (Lipinski definition) is 1. The van der Waals surface area contributed by atoms with Crippen molar-refractivity contribution in [2.24, 2.45) is 0 Å². The lowest BCUT2D eigenvalue weighted by atomic mass is 9.79. The molecule has 0 spiro atoms. The first-order valence-electron chi connectivity index (χ1n) is 6.77. The molecule has 0 unspecified atom stereocenters. The third-order valence-corrected chi connectivity index (χ3v) is 4.47. The Bertz CT molecular complexity index is 447. The van der Waals surface area contributed by atoms with Gasteiger partial charge < -0.3 is 14.0 Å². The van der Waals surface area contributed by atoms with Crippen LogP contribution in [0.1, 0.15) is 27.7 Å². The maximum absolute atomic E-state index is 6.03. The molecule has 1 saturated heterocycles. The van der Waals surface area contributed by atoms with Gasteiger partial charge in [0.05, 0.1) is 11.2 Å². The molecule has 0 bridgehead atoms. The normalized spacial score (nSPS) is 20.4. The van der Waals surface area contributed by atoms with Crippen LogP contribution in [0.3, 0.4) is 0 Å². The standard InChI is InChI=1S/C14H23BN2O2S/c1-13(2)14(3,4)19-15(18-13)11-7-9-12(10-8-11)16-20-17(5)6/h7-10,16H,1-6H3. The van der Waals surface area contributed by atoms with Crippen molar-refractivity contribution in [1.29, 1.82) is 0 Å². The molecule has 1 aliphatic rings. The van der Waals surface area contributed by atoms with Gasteiger partial charge in [-0.05, 0) is 59.4 Å². The van der Waals surface area contributed by atoms with Gasteiger partial charge in [0.25, 0.3) is 0 Å². The van der Waals surface area contributed by atoms with E-state index in [9.17, 15) is 0 Å². The van der Waals surface area contributed by atoms with E-state index in [0.717, 1.165) is 11.2 Å². The summed E-state index contributed by atoms with van der Waals surface area (Å²) >= 11 is 1.54. The third-order valence-electron chi connectivity index (χ3n) is 3.78. The average Bonchev–Trinajstić information content (AvgIpc) is 2.56.